The Labute approximate surface area is 108 Å². The number of rotatable bonds is 3. The molecule has 0 bridgehead atoms. The first-order valence-corrected chi connectivity index (χ1v) is 5.91. The number of alkyl halides is 3. The zero-order valence-electron chi connectivity index (χ0n) is 10.4. The van der Waals surface area contributed by atoms with Gasteiger partial charge >= 0.3 is 6.18 Å². The van der Waals surface area contributed by atoms with Crippen LogP contribution in [0.4, 0.5) is 13.2 Å². The smallest absolute Gasteiger partial charge is 0.394 e. The summed E-state index contributed by atoms with van der Waals surface area (Å²) in [5, 5.41) is 8.96. The van der Waals surface area contributed by atoms with Gasteiger partial charge in [0, 0.05) is 6.42 Å². The van der Waals surface area contributed by atoms with Gasteiger partial charge in [0.05, 0.1) is 18.8 Å². The summed E-state index contributed by atoms with van der Waals surface area (Å²) in [5.74, 6) is -0.988. The molecule has 0 radical (unpaired) electrons. The van der Waals surface area contributed by atoms with Gasteiger partial charge in [-0.25, -0.2) is 0 Å². The zero-order chi connectivity index (χ0) is 14.1. The third-order valence-electron chi connectivity index (χ3n) is 2.97. The number of hydrogen-bond donors (Lipinski definition) is 1. The van der Waals surface area contributed by atoms with Crippen molar-refractivity contribution in [1.29, 1.82) is 0 Å². The van der Waals surface area contributed by atoms with Gasteiger partial charge in [-0.05, 0) is 18.6 Å². The molecule has 0 amide bonds. The van der Waals surface area contributed by atoms with Crippen LogP contribution < -0.4 is 0 Å². The lowest BCUT2D eigenvalue weighted by atomic mass is 10.0. The second kappa shape index (κ2) is 5.11. The van der Waals surface area contributed by atoms with E-state index in [1.807, 2.05) is 0 Å². The minimum atomic E-state index is -4.36. The van der Waals surface area contributed by atoms with Gasteiger partial charge in [-0.2, -0.15) is 13.2 Å². The summed E-state index contributed by atoms with van der Waals surface area (Å²) in [6, 6.07) is 5.07. The Morgan fingerprint density at radius 3 is 2.74 bits per heavy atom. The van der Waals surface area contributed by atoms with E-state index in [1.165, 1.54) is 6.07 Å². The quantitative estimate of drug-likeness (QED) is 0.921. The van der Waals surface area contributed by atoms with Gasteiger partial charge in [0.2, 0.25) is 0 Å². The molecule has 0 saturated carbocycles. The molecule has 2 unspecified atom stereocenters. The average molecular weight is 276 g/mol. The lowest BCUT2D eigenvalue weighted by Gasteiger charge is -2.23. The molecule has 0 spiro atoms. The van der Waals surface area contributed by atoms with E-state index in [1.54, 1.807) is 13.0 Å². The van der Waals surface area contributed by atoms with E-state index in [0.717, 1.165) is 12.1 Å². The summed E-state index contributed by atoms with van der Waals surface area (Å²) in [4.78, 5) is 0. The fourth-order valence-corrected chi connectivity index (χ4v) is 2.10. The lowest BCUT2D eigenvalue weighted by Crippen LogP contribution is -2.30. The van der Waals surface area contributed by atoms with Crippen LogP contribution in [-0.2, 0) is 22.1 Å². The molecule has 0 aromatic heterocycles. The summed E-state index contributed by atoms with van der Waals surface area (Å²) < 4.78 is 48.7. The molecule has 2 atom stereocenters. The fourth-order valence-electron chi connectivity index (χ4n) is 2.10. The first-order valence-electron chi connectivity index (χ1n) is 5.91. The van der Waals surface area contributed by atoms with E-state index >= 15 is 0 Å². The Morgan fingerprint density at radius 1 is 1.42 bits per heavy atom. The summed E-state index contributed by atoms with van der Waals surface area (Å²) in [7, 11) is 0. The van der Waals surface area contributed by atoms with Crippen molar-refractivity contribution >= 4 is 0 Å². The van der Waals surface area contributed by atoms with Crippen molar-refractivity contribution in [3.05, 3.63) is 35.4 Å². The molecule has 1 N–H and O–H groups in total. The molecule has 1 aliphatic rings. The van der Waals surface area contributed by atoms with Crippen molar-refractivity contribution in [1.82, 2.24) is 0 Å². The maximum atomic E-state index is 12.6. The van der Waals surface area contributed by atoms with E-state index in [0.29, 0.717) is 5.56 Å². The maximum absolute atomic E-state index is 12.6. The summed E-state index contributed by atoms with van der Waals surface area (Å²) in [5.41, 5.74) is -0.207. The second-order valence-corrected chi connectivity index (χ2v) is 4.74. The first-order chi connectivity index (χ1) is 8.82. The van der Waals surface area contributed by atoms with Gasteiger partial charge in [-0.1, -0.05) is 18.2 Å². The van der Waals surface area contributed by atoms with Crippen LogP contribution in [0.1, 0.15) is 18.1 Å². The van der Waals surface area contributed by atoms with E-state index in [4.69, 9.17) is 14.6 Å². The highest BCUT2D eigenvalue weighted by Gasteiger charge is 2.37. The SMILES string of the molecule is CC1(Cc2cccc(C(F)(F)F)c2)OCC(CO)O1. The number of halogens is 3. The van der Waals surface area contributed by atoms with Gasteiger partial charge in [-0.15, -0.1) is 0 Å². The maximum Gasteiger partial charge on any atom is 0.416 e. The Balaban J connectivity index is 2.12. The van der Waals surface area contributed by atoms with Crippen LogP contribution in [0.2, 0.25) is 0 Å². The summed E-state index contributed by atoms with van der Waals surface area (Å²) >= 11 is 0. The van der Waals surface area contributed by atoms with Crippen molar-refractivity contribution < 1.29 is 27.8 Å². The molecule has 6 heteroatoms. The third-order valence-corrected chi connectivity index (χ3v) is 2.97. The Morgan fingerprint density at radius 2 is 2.16 bits per heavy atom. The fraction of sp³-hybridized carbons (Fsp3) is 0.538. The molecular weight excluding hydrogens is 261 g/mol. The molecular formula is C13H15F3O3. The van der Waals surface area contributed by atoms with E-state index in [9.17, 15) is 13.2 Å². The van der Waals surface area contributed by atoms with Gasteiger partial charge in [0.1, 0.15) is 6.10 Å². The monoisotopic (exact) mass is 276 g/mol. The molecule has 3 nitrogen and oxygen atoms in total. The number of benzene rings is 1. The van der Waals surface area contributed by atoms with Crippen molar-refractivity contribution in [3.63, 3.8) is 0 Å². The topological polar surface area (TPSA) is 38.7 Å². The number of hydrogen-bond acceptors (Lipinski definition) is 3. The third kappa shape index (κ3) is 3.46. The predicted molar refractivity (Wildman–Crippen MR) is 61.5 cm³/mol. The number of aliphatic hydroxyl groups excluding tert-OH is 1. The largest absolute Gasteiger partial charge is 0.416 e. The standard InChI is InChI=1S/C13H15F3O3/c1-12(18-8-11(7-17)19-12)6-9-3-2-4-10(5-9)13(14,15)16/h2-5,11,17H,6-8H2,1H3. The highest BCUT2D eigenvalue weighted by molar-refractivity contribution is 5.26. The number of aliphatic hydroxyl groups is 1. The highest BCUT2D eigenvalue weighted by atomic mass is 19.4. The lowest BCUT2D eigenvalue weighted by molar-refractivity contribution is -0.156. The van der Waals surface area contributed by atoms with Crippen molar-refractivity contribution in [2.45, 2.75) is 31.4 Å². The minimum absolute atomic E-state index is 0.168. The molecule has 1 fully saturated rings. The van der Waals surface area contributed by atoms with Crippen LogP contribution in [0.15, 0.2) is 24.3 Å². The van der Waals surface area contributed by atoms with Gasteiger partial charge in [-0.3, -0.25) is 0 Å². The van der Waals surface area contributed by atoms with E-state index in [2.05, 4.69) is 0 Å². The van der Waals surface area contributed by atoms with Crippen LogP contribution >= 0.6 is 0 Å². The molecule has 106 valence electrons. The normalized spacial score (nSPS) is 27.7. The molecule has 19 heavy (non-hydrogen) atoms. The van der Waals surface area contributed by atoms with E-state index in [-0.39, 0.29) is 19.6 Å². The van der Waals surface area contributed by atoms with Crippen LogP contribution in [0.3, 0.4) is 0 Å². The van der Waals surface area contributed by atoms with Crippen molar-refractivity contribution in [3.8, 4) is 0 Å². The average Bonchev–Trinajstić information content (AvgIpc) is 2.70. The summed E-state index contributed by atoms with van der Waals surface area (Å²) in [6.07, 6.45) is -4.58. The molecule has 1 aromatic rings. The van der Waals surface area contributed by atoms with Crippen molar-refractivity contribution in [2.24, 2.45) is 0 Å². The van der Waals surface area contributed by atoms with Crippen molar-refractivity contribution in [2.75, 3.05) is 13.2 Å². The zero-order valence-corrected chi connectivity index (χ0v) is 10.4. The Hall–Kier alpha value is -1.11. The minimum Gasteiger partial charge on any atom is -0.394 e. The molecule has 1 aliphatic heterocycles. The van der Waals surface area contributed by atoms with Gasteiger partial charge < -0.3 is 14.6 Å². The summed E-state index contributed by atoms with van der Waals surface area (Å²) in [6.45, 7) is 1.73. The van der Waals surface area contributed by atoms with Crippen LogP contribution in [-0.4, -0.2) is 30.2 Å². The van der Waals surface area contributed by atoms with E-state index < -0.39 is 23.6 Å². The molecule has 0 aliphatic carbocycles. The van der Waals surface area contributed by atoms with Gasteiger partial charge in [0.25, 0.3) is 0 Å². The van der Waals surface area contributed by atoms with Crippen LogP contribution in [0.5, 0.6) is 0 Å². The first kappa shape index (κ1) is 14.3. The number of ether oxygens (including phenoxy) is 2. The highest BCUT2D eigenvalue weighted by Crippen LogP contribution is 2.32. The van der Waals surface area contributed by atoms with Gasteiger partial charge in [0.15, 0.2) is 5.79 Å². The molecule has 1 heterocycles. The van der Waals surface area contributed by atoms with Crippen LogP contribution in [0, 0.1) is 0 Å². The predicted octanol–water partition coefficient (Wildman–Crippen LogP) is 2.37. The molecule has 2 rings (SSSR count). The second-order valence-electron chi connectivity index (χ2n) is 4.74. The van der Waals surface area contributed by atoms with Crippen LogP contribution in [0.25, 0.3) is 0 Å². The molecule has 1 saturated heterocycles. The molecule has 1 aromatic carbocycles. The Bertz CT molecular complexity index is 447. The Kier molecular flexibility index (Phi) is 3.85.